The van der Waals surface area contributed by atoms with Gasteiger partial charge in [-0.15, -0.1) is 0 Å². The van der Waals surface area contributed by atoms with Gasteiger partial charge in [0, 0.05) is 29.1 Å². The highest BCUT2D eigenvalue weighted by molar-refractivity contribution is 5.85. The van der Waals surface area contributed by atoms with Crippen molar-refractivity contribution < 1.29 is 28.9 Å². The Morgan fingerprint density at radius 2 is 1.86 bits per heavy atom. The predicted molar refractivity (Wildman–Crippen MR) is 106 cm³/mol. The molecular formula is C21H22N2O6. The number of fused-ring (bicyclic) bond motifs is 1. The van der Waals surface area contributed by atoms with Crippen molar-refractivity contribution in [3.63, 3.8) is 0 Å². The standard InChI is InChI=1S/C21H22N2O6/c1-27-18-9-5-6-13(19(18)28-2)12-29-21(26)23-17(20(24)25)10-14-11-22-16-8-4-3-7-15(14)16/h3-9,11,17,22H,10,12H2,1-2H3,(H,23,26)(H,24,25). The van der Waals surface area contributed by atoms with Gasteiger partial charge in [0.25, 0.3) is 0 Å². The van der Waals surface area contributed by atoms with Crippen LogP contribution in [0.3, 0.4) is 0 Å². The summed E-state index contributed by atoms with van der Waals surface area (Å²) in [5, 5.41) is 12.8. The molecule has 0 aliphatic heterocycles. The fourth-order valence-corrected chi connectivity index (χ4v) is 3.12. The second kappa shape index (κ2) is 9.01. The number of hydrogen-bond acceptors (Lipinski definition) is 5. The van der Waals surface area contributed by atoms with Crippen LogP contribution in [0.5, 0.6) is 11.5 Å². The summed E-state index contributed by atoms with van der Waals surface area (Å²) in [6, 6.07) is 11.6. The summed E-state index contributed by atoms with van der Waals surface area (Å²) in [6.45, 7) is -0.0916. The Kier molecular flexibility index (Phi) is 6.23. The Morgan fingerprint density at radius 1 is 1.07 bits per heavy atom. The van der Waals surface area contributed by atoms with E-state index in [9.17, 15) is 14.7 Å². The number of carboxylic acids is 1. The number of aromatic amines is 1. The van der Waals surface area contributed by atoms with Gasteiger partial charge in [0.2, 0.25) is 0 Å². The molecule has 1 atom stereocenters. The molecule has 8 nitrogen and oxygen atoms in total. The molecule has 8 heteroatoms. The van der Waals surface area contributed by atoms with E-state index in [0.29, 0.717) is 17.1 Å². The lowest BCUT2D eigenvalue weighted by molar-refractivity contribution is -0.139. The Morgan fingerprint density at radius 3 is 2.59 bits per heavy atom. The van der Waals surface area contributed by atoms with Crippen LogP contribution >= 0.6 is 0 Å². The van der Waals surface area contributed by atoms with Gasteiger partial charge in [0.15, 0.2) is 11.5 Å². The average Bonchev–Trinajstić information content (AvgIpc) is 3.14. The highest BCUT2D eigenvalue weighted by Crippen LogP contribution is 2.31. The Labute approximate surface area is 167 Å². The zero-order valence-corrected chi connectivity index (χ0v) is 16.1. The van der Waals surface area contributed by atoms with E-state index in [4.69, 9.17) is 14.2 Å². The smallest absolute Gasteiger partial charge is 0.408 e. The van der Waals surface area contributed by atoms with Gasteiger partial charge in [-0.05, 0) is 17.7 Å². The number of amides is 1. The van der Waals surface area contributed by atoms with Crippen molar-refractivity contribution in [3.8, 4) is 11.5 Å². The number of benzene rings is 2. The first-order chi connectivity index (χ1) is 14.0. The van der Waals surface area contributed by atoms with Crippen LogP contribution < -0.4 is 14.8 Å². The SMILES string of the molecule is COc1cccc(COC(=O)NC(Cc2c[nH]c3ccccc23)C(=O)O)c1OC. The van der Waals surface area contributed by atoms with E-state index in [-0.39, 0.29) is 13.0 Å². The number of aliphatic carboxylic acids is 1. The number of H-pyrrole nitrogens is 1. The lowest BCUT2D eigenvalue weighted by Crippen LogP contribution is -2.42. The maximum absolute atomic E-state index is 12.2. The summed E-state index contributed by atoms with van der Waals surface area (Å²) >= 11 is 0. The largest absolute Gasteiger partial charge is 0.493 e. The van der Waals surface area contributed by atoms with Crippen LogP contribution in [0, 0.1) is 0 Å². The van der Waals surface area contributed by atoms with E-state index in [0.717, 1.165) is 16.5 Å². The third-order valence-corrected chi connectivity index (χ3v) is 4.53. The Balaban J connectivity index is 1.65. The minimum Gasteiger partial charge on any atom is -0.493 e. The lowest BCUT2D eigenvalue weighted by Gasteiger charge is -2.16. The van der Waals surface area contributed by atoms with Gasteiger partial charge in [0.05, 0.1) is 14.2 Å². The van der Waals surface area contributed by atoms with Crippen LogP contribution in [-0.2, 0) is 22.6 Å². The zero-order chi connectivity index (χ0) is 20.8. The molecule has 29 heavy (non-hydrogen) atoms. The van der Waals surface area contributed by atoms with Gasteiger partial charge in [-0.3, -0.25) is 0 Å². The third kappa shape index (κ3) is 4.60. The molecule has 1 aromatic heterocycles. The number of carboxylic acid groups (broad SMARTS) is 1. The molecular weight excluding hydrogens is 376 g/mol. The number of hydrogen-bond donors (Lipinski definition) is 3. The average molecular weight is 398 g/mol. The van der Waals surface area contributed by atoms with Crippen molar-refractivity contribution in [1.29, 1.82) is 0 Å². The van der Waals surface area contributed by atoms with Crippen LogP contribution in [0.15, 0.2) is 48.7 Å². The number of carbonyl (C=O) groups excluding carboxylic acids is 1. The van der Waals surface area contributed by atoms with Crippen molar-refractivity contribution in [2.24, 2.45) is 0 Å². The van der Waals surface area contributed by atoms with E-state index < -0.39 is 18.1 Å². The maximum atomic E-state index is 12.2. The normalized spacial score (nSPS) is 11.7. The van der Waals surface area contributed by atoms with Gasteiger partial charge in [-0.25, -0.2) is 9.59 Å². The molecule has 0 spiro atoms. The van der Waals surface area contributed by atoms with E-state index in [1.807, 2.05) is 24.3 Å². The van der Waals surface area contributed by atoms with Gasteiger partial charge in [-0.2, -0.15) is 0 Å². The number of carbonyl (C=O) groups is 2. The van der Waals surface area contributed by atoms with E-state index in [2.05, 4.69) is 10.3 Å². The summed E-state index contributed by atoms with van der Waals surface area (Å²) in [5.41, 5.74) is 2.30. The minimum atomic E-state index is -1.15. The van der Waals surface area contributed by atoms with Gasteiger partial charge in [-0.1, -0.05) is 30.3 Å². The first-order valence-electron chi connectivity index (χ1n) is 8.94. The molecule has 0 fully saturated rings. The summed E-state index contributed by atoms with van der Waals surface area (Å²) in [6.07, 6.45) is 1.04. The fraction of sp³-hybridized carbons (Fsp3) is 0.238. The maximum Gasteiger partial charge on any atom is 0.408 e. The highest BCUT2D eigenvalue weighted by atomic mass is 16.6. The zero-order valence-electron chi connectivity index (χ0n) is 16.1. The predicted octanol–water partition coefficient (Wildman–Crippen LogP) is 3.11. The first-order valence-corrected chi connectivity index (χ1v) is 8.94. The molecule has 1 unspecified atom stereocenters. The van der Waals surface area contributed by atoms with E-state index in [1.54, 1.807) is 24.4 Å². The molecule has 0 saturated heterocycles. The lowest BCUT2D eigenvalue weighted by atomic mass is 10.1. The van der Waals surface area contributed by atoms with Crippen LogP contribution in [0.25, 0.3) is 10.9 Å². The van der Waals surface area contributed by atoms with Crippen molar-refractivity contribution in [3.05, 3.63) is 59.8 Å². The van der Waals surface area contributed by atoms with Crippen molar-refractivity contribution >= 4 is 23.0 Å². The molecule has 2 aromatic carbocycles. The van der Waals surface area contributed by atoms with Gasteiger partial charge < -0.3 is 29.6 Å². The summed E-state index contributed by atoms with van der Waals surface area (Å²) in [7, 11) is 3.00. The molecule has 3 aromatic rings. The number of ether oxygens (including phenoxy) is 3. The molecule has 3 rings (SSSR count). The summed E-state index contributed by atoms with van der Waals surface area (Å²) in [4.78, 5) is 26.9. The minimum absolute atomic E-state index is 0.0916. The first kappa shape index (κ1) is 20.1. The second-order valence-corrected chi connectivity index (χ2v) is 6.33. The quantitative estimate of drug-likeness (QED) is 0.538. The van der Waals surface area contributed by atoms with Crippen LogP contribution in [0.4, 0.5) is 4.79 Å². The molecule has 152 valence electrons. The molecule has 3 N–H and O–H groups in total. The Hall–Kier alpha value is -3.68. The molecule has 1 amide bonds. The molecule has 0 saturated carbocycles. The van der Waals surface area contributed by atoms with E-state index >= 15 is 0 Å². The van der Waals surface area contributed by atoms with Crippen molar-refractivity contribution in [1.82, 2.24) is 10.3 Å². The third-order valence-electron chi connectivity index (χ3n) is 4.53. The fourth-order valence-electron chi connectivity index (χ4n) is 3.12. The van der Waals surface area contributed by atoms with Gasteiger partial charge >= 0.3 is 12.1 Å². The number of para-hydroxylation sites is 2. The molecule has 0 radical (unpaired) electrons. The van der Waals surface area contributed by atoms with Crippen molar-refractivity contribution in [2.75, 3.05) is 14.2 Å². The highest BCUT2D eigenvalue weighted by Gasteiger charge is 2.23. The molecule has 1 heterocycles. The van der Waals surface area contributed by atoms with Crippen LogP contribution in [-0.4, -0.2) is 42.4 Å². The number of methoxy groups -OCH3 is 2. The van der Waals surface area contributed by atoms with Crippen LogP contribution in [0.1, 0.15) is 11.1 Å². The monoisotopic (exact) mass is 398 g/mol. The van der Waals surface area contributed by atoms with Crippen LogP contribution in [0.2, 0.25) is 0 Å². The Bertz CT molecular complexity index is 1010. The molecule has 0 bridgehead atoms. The molecule has 0 aliphatic rings. The number of aromatic nitrogens is 1. The van der Waals surface area contributed by atoms with E-state index in [1.165, 1.54) is 14.2 Å². The summed E-state index contributed by atoms with van der Waals surface area (Å²) in [5.74, 6) is -0.181. The number of alkyl carbamates (subject to hydrolysis) is 1. The topological polar surface area (TPSA) is 110 Å². The van der Waals surface area contributed by atoms with Gasteiger partial charge in [0.1, 0.15) is 12.6 Å². The number of nitrogens with one attached hydrogen (secondary N) is 2. The second-order valence-electron chi connectivity index (χ2n) is 6.33. The van der Waals surface area contributed by atoms with Crippen molar-refractivity contribution in [2.45, 2.75) is 19.1 Å². The summed E-state index contributed by atoms with van der Waals surface area (Å²) < 4.78 is 15.7. The molecule has 0 aliphatic carbocycles. The number of rotatable bonds is 8.